The Morgan fingerprint density at radius 1 is 1.18 bits per heavy atom. The summed E-state index contributed by atoms with van der Waals surface area (Å²) >= 11 is 6.74. The first-order valence-electron chi connectivity index (χ1n) is 16.0. The van der Waals surface area contributed by atoms with E-state index in [0.29, 0.717) is 24.8 Å². The molecular formula is C35H30ClF5N6O3. The Morgan fingerprint density at radius 2 is 1.98 bits per heavy atom. The van der Waals surface area contributed by atoms with Gasteiger partial charge in [0.25, 0.3) is 11.8 Å². The number of carbonyl (C=O) groups is 1. The van der Waals surface area contributed by atoms with Crippen LogP contribution in [0.2, 0.25) is 5.02 Å². The standard InChI is InChI=1S/C35H30ClF5N6O3/c1-19(37)32(49)47-11-10-45(15-21(47)6-8-42)31-24-14-25(36)28(23-13-22(48)12-20-4-2-5-26(38)27(20)23)29(39)30(24)43-33(44-31)50-18-34-7-3-9-46(34)17-35(40,41)16-34/h2,4-5,12-14,21,48H,1,3,6-7,9-11,15-18H2/t21-,34-/m0/s1. The van der Waals surface area contributed by atoms with Crippen molar-refractivity contribution in [3.05, 3.63) is 65.5 Å². The summed E-state index contributed by atoms with van der Waals surface area (Å²) in [5.74, 6) is -6.87. The van der Waals surface area contributed by atoms with Gasteiger partial charge in [-0.1, -0.05) is 30.3 Å². The minimum atomic E-state index is -2.91. The lowest BCUT2D eigenvalue weighted by Gasteiger charge is -2.41. The van der Waals surface area contributed by atoms with Gasteiger partial charge in [0.15, 0.2) is 11.6 Å². The Labute approximate surface area is 288 Å². The largest absolute Gasteiger partial charge is 0.508 e. The Hall–Kier alpha value is -4.74. The van der Waals surface area contributed by atoms with Crippen LogP contribution in [0.3, 0.4) is 0 Å². The van der Waals surface area contributed by atoms with E-state index in [-0.39, 0.29) is 82.7 Å². The van der Waals surface area contributed by atoms with E-state index in [1.807, 2.05) is 6.07 Å². The van der Waals surface area contributed by atoms with Gasteiger partial charge in [-0.25, -0.2) is 22.0 Å². The number of aromatic hydroxyl groups is 1. The molecule has 260 valence electrons. The predicted octanol–water partition coefficient (Wildman–Crippen LogP) is 6.75. The number of hydrogen-bond acceptors (Lipinski definition) is 8. The zero-order valence-electron chi connectivity index (χ0n) is 26.5. The fourth-order valence-corrected chi connectivity index (χ4v) is 7.99. The molecule has 4 aromatic rings. The number of ether oxygens (including phenoxy) is 1. The molecule has 3 aromatic carbocycles. The molecule has 1 N–H and O–H groups in total. The molecule has 0 unspecified atom stereocenters. The summed E-state index contributed by atoms with van der Waals surface area (Å²) in [6.45, 7) is 2.97. The van der Waals surface area contributed by atoms with Crippen LogP contribution in [0.1, 0.15) is 25.7 Å². The maximum absolute atomic E-state index is 16.9. The number of aromatic nitrogens is 2. The van der Waals surface area contributed by atoms with E-state index in [0.717, 1.165) is 0 Å². The van der Waals surface area contributed by atoms with E-state index < -0.39 is 53.8 Å². The Morgan fingerprint density at radius 3 is 2.74 bits per heavy atom. The summed E-state index contributed by atoms with van der Waals surface area (Å²) in [4.78, 5) is 26.1. The van der Waals surface area contributed by atoms with Crippen molar-refractivity contribution in [3.8, 4) is 29.0 Å². The van der Waals surface area contributed by atoms with Crippen LogP contribution >= 0.6 is 11.6 Å². The number of rotatable bonds is 7. The van der Waals surface area contributed by atoms with Crippen molar-refractivity contribution in [1.29, 1.82) is 5.26 Å². The molecule has 50 heavy (non-hydrogen) atoms. The minimum Gasteiger partial charge on any atom is -0.508 e. The van der Waals surface area contributed by atoms with Crippen LogP contribution in [0.15, 0.2) is 48.8 Å². The highest BCUT2D eigenvalue weighted by Crippen LogP contribution is 2.47. The molecule has 0 spiro atoms. The van der Waals surface area contributed by atoms with Crippen LogP contribution in [0, 0.1) is 23.0 Å². The lowest BCUT2D eigenvalue weighted by molar-refractivity contribution is -0.131. The van der Waals surface area contributed by atoms with Gasteiger partial charge in [-0.2, -0.15) is 15.2 Å². The van der Waals surface area contributed by atoms with Gasteiger partial charge in [0, 0.05) is 48.0 Å². The van der Waals surface area contributed by atoms with Gasteiger partial charge >= 0.3 is 6.01 Å². The summed E-state index contributed by atoms with van der Waals surface area (Å²) in [6.07, 6.45) is 0.571. The maximum atomic E-state index is 16.9. The average Bonchev–Trinajstić information content (AvgIpc) is 3.55. The lowest BCUT2D eigenvalue weighted by atomic mass is 9.94. The number of benzene rings is 3. The second-order valence-electron chi connectivity index (χ2n) is 13.0. The van der Waals surface area contributed by atoms with Crippen LogP contribution in [0.4, 0.5) is 27.8 Å². The summed E-state index contributed by atoms with van der Waals surface area (Å²) in [5.41, 5.74) is -1.55. The fraction of sp³-hybridized carbons (Fsp3) is 0.371. The monoisotopic (exact) mass is 712 g/mol. The van der Waals surface area contributed by atoms with Crippen LogP contribution in [-0.2, 0) is 4.79 Å². The van der Waals surface area contributed by atoms with E-state index in [1.165, 1.54) is 35.2 Å². The molecule has 3 aliphatic heterocycles. The molecule has 3 saturated heterocycles. The molecule has 0 saturated carbocycles. The number of hydrogen-bond donors (Lipinski definition) is 1. The minimum absolute atomic E-state index is 0.00775. The molecular weight excluding hydrogens is 683 g/mol. The molecule has 3 fully saturated rings. The summed E-state index contributed by atoms with van der Waals surface area (Å²) in [7, 11) is 0. The highest BCUT2D eigenvalue weighted by atomic mass is 35.5. The highest BCUT2D eigenvalue weighted by Gasteiger charge is 2.57. The number of piperazine rings is 1. The van der Waals surface area contributed by atoms with E-state index >= 15 is 8.78 Å². The SMILES string of the molecule is C=C(F)C(=O)N1CCN(c2nc(OC[C@@]34CCCN3CC(F)(F)C4)nc3c(F)c(-c4cc(O)cc5cccc(F)c45)c(Cl)cc23)C[C@@H]1CC#N. The first-order chi connectivity index (χ1) is 23.8. The van der Waals surface area contributed by atoms with Crippen molar-refractivity contribution < 1.29 is 36.6 Å². The van der Waals surface area contributed by atoms with E-state index in [9.17, 15) is 28.3 Å². The number of carbonyl (C=O) groups excluding carboxylic acids is 1. The molecule has 7 rings (SSSR count). The Balaban J connectivity index is 1.37. The molecule has 9 nitrogen and oxygen atoms in total. The molecule has 1 amide bonds. The first-order valence-corrected chi connectivity index (χ1v) is 16.3. The molecule has 0 bridgehead atoms. The number of fused-ring (bicyclic) bond motifs is 3. The number of alkyl halides is 2. The van der Waals surface area contributed by atoms with E-state index in [2.05, 4.69) is 16.5 Å². The summed E-state index contributed by atoms with van der Waals surface area (Å²) in [6, 6.07) is 8.99. The number of nitrogens with zero attached hydrogens (tertiary/aromatic N) is 6. The molecule has 15 heteroatoms. The van der Waals surface area contributed by atoms with Crippen molar-refractivity contribution in [1.82, 2.24) is 19.8 Å². The number of phenolic OH excluding ortho intramolecular Hbond substituents is 1. The van der Waals surface area contributed by atoms with Gasteiger partial charge in [0.05, 0.1) is 35.6 Å². The van der Waals surface area contributed by atoms with Gasteiger partial charge < -0.3 is 19.6 Å². The van der Waals surface area contributed by atoms with Crippen LogP contribution in [0.25, 0.3) is 32.8 Å². The number of nitriles is 1. The van der Waals surface area contributed by atoms with Crippen LogP contribution in [-0.4, -0.2) is 87.6 Å². The number of anilines is 1. The second-order valence-corrected chi connectivity index (χ2v) is 13.4. The fourth-order valence-electron chi connectivity index (χ4n) is 7.70. The van der Waals surface area contributed by atoms with Gasteiger partial charge in [0.2, 0.25) is 0 Å². The zero-order valence-corrected chi connectivity index (χ0v) is 27.3. The second kappa shape index (κ2) is 12.5. The van der Waals surface area contributed by atoms with Crippen molar-refractivity contribution in [2.45, 2.75) is 43.2 Å². The summed E-state index contributed by atoms with van der Waals surface area (Å²) in [5, 5.41) is 20.2. The summed E-state index contributed by atoms with van der Waals surface area (Å²) < 4.78 is 81.1. The van der Waals surface area contributed by atoms with E-state index in [1.54, 1.807) is 15.9 Å². The zero-order chi connectivity index (χ0) is 35.5. The van der Waals surface area contributed by atoms with Gasteiger partial charge in [-0.3, -0.25) is 9.69 Å². The third-order valence-electron chi connectivity index (χ3n) is 9.85. The van der Waals surface area contributed by atoms with Crippen molar-refractivity contribution in [2.75, 3.05) is 44.2 Å². The molecule has 2 atom stereocenters. The molecule has 4 heterocycles. The average molecular weight is 713 g/mol. The molecule has 3 aliphatic rings. The topological polar surface area (TPSA) is 106 Å². The first kappa shape index (κ1) is 33.7. The normalized spacial score (nSPS) is 21.8. The van der Waals surface area contributed by atoms with Crippen LogP contribution < -0.4 is 9.64 Å². The third-order valence-corrected chi connectivity index (χ3v) is 10.1. The Bertz CT molecular complexity index is 2110. The maximum Gasteiger partial charge on any atom is 0.319 e. The number of halogens is 6. The van der Waals surface area contributed by atoms with Crippen molar-refractivity contribution in [2.24, 2.45) is 0 Å². The quantitative estimate of drug-likeness (QED) is 0.166. The Kier molecular flexibility index (Phi) is 8.47. The molecule has 1 aromatic heterocycles. The lowest BCUT2D eigenvalue weighted by Crippen LogP contribution is -2.55. The smallest absolute Gasteiger partial charge is 0.319 e. The molecule has 0 aliphatic carbocycles. The number of phenols is 1. The van der Waals surface area contributed by atoms with Gasteiger partial charge in [-0.05, 0) is 49.0 Å². The van der Waals surface area contributed by atoms with Crippen molar-refractivity contribution >= 4 is 45.0 Å². The van der Waals surface area contributed by atoms with E-state index in [4.69, 9.17) is 16.3 Å². The van der Waals surface area contributed by atoms with Gasteiger partial charge in [-0.15, -0.1) is 0 Å². The predicted molar refractivity (Wildman–Crippen MR) is 176 cm³/mol. The van der Waals surface area contributed by atoms with Crippen LogP contribution in [0.5, 0.6) is 11.8 Å². The van der Waals surface area contributed by atoms with Crippen molar-refractivity contribution in [3.63, 3.8) is 0 Å². The number of amides is 1. The third kappa shape index (κ3) is 5.82. The highest BCUT2D eigenvalue weighted by molar-refractivity contribution is 6.35. The molecule has 0 radical (unpaired) electrons. The van der Waals surface area contributed by atoms with Gasteiger partial charge in [0.1, 0.15) is 29.5 Å².